The summed E-state index contributed by atoms with van der Waals surface area (Å²) in [6, 6.07) is 0. The largest absolute Gasteiger partial charge is 0.361 e. The Morgan fingerprint density at radius 1 is 1.15 bits per heavy atom. The van der Waals surface area contributed by atoms with Gasteiger partial charge >= 0.3 is 0 Å². The molecule has 0 aliphatic heterocycles. The molecule has 0 atom stereocenters. The summed E-state index contributed by atoms with van der Waals surface area (Å²) in [5.41, 5.74) is 3.26. The average molecular weight is 278 g/mol. The fourth-order valence-corrected chi connectivity index (χ4v) is 1.98. The van der Waals surface area contributed by atoms with Crippen molar-refractivity contribution in [2.24, 2.45) is 0 Å². The molecular formula is C13H18N4O3. The molecule has 0 bridgehead atoms. The van der Waals surface area contributed by atoms with Crippen molar-refractivity contribution in [2.75, 3.05) is 6.54 Å². The van der Waals surface area contributed by atoms with Crippen molar-refractivity contribution in [1.29, 1.82) is 0 Å². The fraction of sp³-hybridized carbons (Fsp3) is 0.538. The van der Waals surface area contributed by atoms with Gasteiger partial charge in [-0.25, -0.2) is 4.63 Å². The van der Waals surface area contributed by atoms with Crippen LogP contribution in [-0.2, 0) is 17.6 Å². The lowest BCUT2D eigenvalue weighted by Crippen LogP contribution is -2.26. The first kappa shape index (κ1) is 14.2. The van der Waals surface area contributed by atoms with Gasteiger partial charge in [-0.3, -0.25) is 4.79 Å². The van der Waals surface area contributed by atoms with Crippen molar-refractivity contribution < 1.29 is 13.9 Å². The highest BCUT2D eigenvalue weighted by Gasteiger charge is 2.11. The molecular weight excluding hydrogens is 260 g/mol. The summed E-state index contributed by atoms with van der Waals surface area (Å²) < 4.78 is 9.64. The summed E-state index contributed by atoms with van der Waals surface area (Å²) >= 11 is 0. The Morgan fingerprint density at radius 3 is 2.55 bits per heavy atom. The van der Waals surface area contributed by atoms with Gasteiger partial charge in [-0.15, -0.1) is 0 Å². The predicted octanol–water partition coefficient (Wildman–Crippen LogP) is 1.27. The Bertz CT molecular complexity index is 569. The molecule has 1 N–H and O–H groups in total. The molecule has 2 heterocycles. The zero-order chi connectivity index (χ0) is 14.5. The van der Waals surface area contributed by atoms with Crippen LogP contribution in [0, 0.1) is 20.8 Å². The Hall–Kier alpha value is -2.18. The number of amides is 1. The van der Waals surface area contributed by atoms with Crippen molar-refractivity contribution in [3.63, 3.8) is 0 Å². The number of aryl methyl sites for hydroxylation is 3. The summed E-state index contributed by atoms with van der Waals surface area (Å²) in [6.07, 6.45) is 1.87. The second kappa shape index (κ2) is 6.31. The summed E-state index contributed by atoms with van der Waals surface area (Å²) in [7, 11) is 0. The number of nitrogens with zero attached hydrogens (tertiary/aromatic N) is 3. The van der Waals surface area contributed by atoms with E-state index in [0.717, 1.165) is 29.9 Å². The minimum absolute atomic E-state index is 0.0810. The number of aromatic nitrogens is 3. The molecule has 2 rings (SSSR count). The Morgan fingerprint density at radius 2 is 1.95 bits per heavy atom. The van der Waals surface area contributed by atoms with Gasteiger partial charge in [0.15, 0.2) is 0 Å². The molecule has 108 valence electrons. The minimum Gasteiger partial charge on any atom is -0.361 e. The normalized spacial score (nSPS) is 10.8. The Balaban J connectivity index is 1.71. The first-order chi connectivity index (χ1) is 9.58. The molecule has 0 saturated carbocycles. The van der Waals surface area contributed by atoms with Gasteiger partial charge in [0.1, 0.15) is 17.1 Å². The smallest absolute Gasteiger partial charge is 0.226 e. The molecule has 0 spiro atoms. The zero-order valence-electron chi connectivity index (χ0n) is 11.9. The molecule has 0 fully saturated rings. The van der Waals surface area contributed by atoms with E-state index in [4.69, 9.17) is 4.52 Å². The maximum absolute atomic E-state index is 11.7. The van der Waals surface area contributed by atoms with Crippen LogP contribution < -0.4 is 5.32 Å². The van der Waals surface area contributed by atoms with Crippen molar-refractivity contribution in [1.82, 2.24) is 20.8 Å². The van der Waals surface area contributed by atoms with Gasteiger partial charge in [-0.05, 0) is 33.6 Å². The van der Waals surface area contributed by atoms with Gasteiger partial charge in [0, 0.05) is 12.1 Å². The van der Waals surface area contributed by atoms with E-state index < -0.39 is 0 Å². The third-order valence-electron chi connectivity index (χ3n) is 3.18. The van der Waals surface area contributed by atoms with Crippen LogP contribution in [0.5, 0.6) is 0 Å². The van der Waals surface area contributed by atoms with Gasteiger partial charge in [0.05, 0.1) is 12.1 Å². The van der Waals surface area contributed by atoms with Crippen molar-refractivity contribution in [3.05, 3.63) is 28.4 Å². The Kier molecular flexibility index (Phi) is 4.49. The van der Waals surface area contributed by atoms with Crippen molar-refractivity contribution in [2.45, 2.75) is 40.0 Å². The average Bonchev–Trinajstić information content (AvgIpc) is 2.94. The molecule has 0 saturated heterocycles. The number of nitrogens with one attached hydrogen (secondary N) is 1. The quantitative estimate of drug-likeness (QED) is 0.800. The van der Waals surface area contributed by atoms with E-state index in [2.05, 4.69) is 25.4 Å². The van der Waals surface area contributed by atoms with Gasteiger partial charge < -0.3 is 9.84 Å². The monoisotopic (exact) mass is 278 g/mol. The van der Waals surface area contributed by atoms with Crippen LogP contribution in [0.3, 0.4) is 0 Å². The molecule has 0 radical (unpaired) electrons. The maximum atomic E-state index is 11.7. The highest BCUT2D eigenvalue weighted by molar-refractivity contribution is 5.78. The van der Waals surface area contributed by atoms with E-state index in [1.54, 1.807) is 6.92 Å². The van der Waals surface area contributed by atoms with Crippen LogP contribution in [0.4, 0.5) is 0 Å². The van der Waals surface area contributed by atoms with E-state index in [0.29, 0.717) is 17.9 Å². The molecule has 20 heavy (non-hydrogen) atoms. The van der Waals surface area contributed by atoms with E-state index in [9.17, 15) is 4.79 Å². The third kappa shape index (κ3) is 3.43. The van der Waals surface area contributed by atoms with E-state index >= 15 is 0 Å². The summed E-state index contributed by atoms with van der Waals surface area (Å²) in [5, 5.41) is 14.1. The van der Waals surface area contributed by atoms with Crippen LogP contribution in [-0.4, -0.2) is 27.9 Å². The fourth-order valence-electron chi connectivity index (χ4n) is 1.98. The molecule has 2 aromatic rings. The summed E-state index contributed by atoms with van der Waals surface area (Å²) in [6.45, 7) is 6.18. The van der Waals surface area contributed by atoms with Gasteiger partial charge in [-0.1, -0.05) is 15.5 Å². The van der Waals surface area contributed by atoms with E-state index in [1.807, 2.05) is 13.8 Å². The van der Waals surface area contributed by atoms with Gasteiger partial charge in [-0.2, -0.15) is 0 Å². The molecule has 7 heteroatoms. The lowest BCUT2D eigenvalue weighted by molar-refractivity contribution is -0.120. The zero-order valence-corrected chi connectivity index (χ0v) is 11.9. The van der Waals surface area contributed by atoms with Crippen LogP contribution in [0.15, 0.2) is 9.15 Å². The standard InChI is InChI=1S/C13H18N4O3/c1-8-11(10(3)19-15-8)5-4-6-14-13(18)7-12-9(2)16-20-17-12/h4-7H2,1-3H3,(H,14,18). The van der Waals surface area contributed by atoms with Gasteiger partial charge in [0.2, 0.25) is 5.91 Å². The molecule has 0 aromatic carbocycles. The van der Waals surface area contributed by atoms with Crippen molar-refractivity contribution >= 4 is 5.91 Å². The summed E-state index contributed by atoms with van der Waals surface area (Å²) in [4.78, 5) is 11.7. The van der Waals surface area contributed by atoms with Gasteiger partial charge in [0.25, 0.3) is 0 Å². The number of rotatable bonds is 6. The second-order valence-electron chi connectivity index (χ2n) is 4.73. The second-order valence-corrected chi connectivity index (χ2v) is 4.73. The number of carbonyl (C=O) groups excluding carboxylic acids is 1. The van der Waals surface area contributed by atoms with Crippen molar-refractivity contribution in [3.8, 4) is 0 Å². The Labute approximate surface area is 116 Å². The molecule has 2 aromatic heterocycles. The van der Waals surface area contributed by atoms with Crippen LogP contribution >= 0.6 is 0 Å². The minimum atomic E-state index is -0.0810. The number of hydrogen-bond donors (Lipinski definition) is 1. The van der Waals surface area contributed by atoms with Crippen LogP contribution in [0.25, 0.3) is 0 Å². The molecule has 7 nitrogen and oxygen atoms in total. The number of hydrogen-bond acceptors (Lipinski definition) is 6. The van der Waals surface area contributed by atoms with Crippen LogP contribution in [0.2, 0.25) is 0 Å². The summed E-state index contributed by atoms with van der Waals surface area (Å²) in [5.74, 6) is 0.765. The number of carbonyl (C=O) groups is 1. The lowest BCUT2D eigenvalue weighted by atomic mass is 10.1. The first-order valence-corrected chi connectivity index (χ1v) is 6.54. The van der Waals surface area contributed by atoms with E-state index in [1.165, 1.54) is 0 Å². The first-order valence-electron chi connectivity index (χ1n) is 6.54. The SMILES string of the molecule is Cc1nonc1CC(=O)NCCCc1c(C)noc1C. The molecule has 0 aliphatic rings. The molecule has 0 aliphatic carbocycles. The maximum Gasteiger partial charge on any atom is 0.226 e. The molecule has 0 unspecified atom stereocenters. The highest BCUT2D eigenvalue weighted by Crippen LogP contribution is 2.13. The topological polar surface area (TPSA) is 94.0 Å². The van der Waals surface area contributed by atoms with E-state index in [-0.39, 0.29) is 12.3 Å². The lowest BCUT2D eigenvalue weighted by Gasteiger charge is -2.04. The predicted molar refractivity (Wildman–Crippen MR) is 70.0 cm³/mol. The third-order valence-corrected chi connectivity index (χ3v) is 3.18. The highest BCUT2D eigenvalue weighted by atomic mass is 16.6. The van der Waals surface area contributed by atoms with Crippen LogP contribution in [0.1, 0.15) is 34.8 Å². The molecule has 1 amide bonds.